The monoisotopic (exact) mass is 698 g/mol. The summed E-state index contributed by atoms with van der Waals surface area (Å²) in [6.07, 6.45) is 0. The van der Waals surface area contributed by atoms with Crippen molar-refractivity contribution in [1.82, 2.24) is 4.57 Å². The van der Waals surface area contributed by atoms with E-state index in [4.69, 9.17) is 0 Å². The molecule has 0 aliphatic heterocycles. The van der Waals surface area contributed by atoms with E-state index in [2.05, 4.69) is 206 Å². The Hall–Kier alpha value is -6.16. The van der Waals surface area contributed by atoms with Crippen LogP contribution in [0.3, 0.4) is 0 Å². The summed E-state index contributed by atoms with van der Waals surface area (Å²) in [6.45, 7) is 6.91. The molecule has 0 atom stereocenters. The number of benzene rings is 8. The molecule has 0 spiro atoms. The predicted molar refractivity (Wildman–Crippen MR) is 230 cm³/mol. The first-order valence-corrected chi connectivity index (χ1v) is 19.2. The van der Waals surface area contributed by atoms with Gasteiger partial charge in [-0.05, 0) is 102 Å². The van der Waals surface area contributed by atoms with Crippen molar-refractivity contribution >= 4 is 81.1 Å². The third-order valence-corrected chi connectivity index (χ3v) is 11.8. The third kappa shape index (κ3) is 5.15. The summed E-state index contributed by atoms with van der Waals surface area (Å²) >= 11 is 1.86. The predicted octanol–water partition coefficient (Wildman–Crippen LogP) is 14.9. The van der Waals surface area contributed by atoms with E-state index in [1.165, 1.54) is 80.7 Å². The fourth-order valence-electron chi connectivity index (χ4n) is 8.41. The number of thiophene rings is 1. The Morgan fingerprint density at radius 2 is 1.13 bits per heavy atom. The van der Waals surface area contributed by atoms with Gasteiger partial charge in [-0.3, -0.25) is 0 Å². The molecule has 3 heteroatoms. The van der Waals surface area contributed by atoms with Gasteiger partial charge in [0.15, 0.2) is 0 Å². The zero-order chi connectivity index (χ0) is 35.7. The molecule has 0 amide bonds. The normalized spacial score (nSPS) is 12.1. The van der Waals surface area contributed by atoms with Crippen LogP contribution in [0.5, 0.6) is 0 Å². The summed E-state index contributed by atoms with van der Waals surface area (Å²) in [5.74, 6) is 0. The first-order valence-electron chi connectivity index (χ1n) is 18.4. The number of aromatic nitrogens is 1. The summed E-state index contributed by atoms with van der Waals surface area (Å²) in [7, 11) is 0. The topological polar surface area (TPSA) is 8.17 Å². The van der Waals surface area contributed by atoms with E-state index in [9.17, 15) is 0 Å². The molecule has 10 aromatic rings. The number of hydrogen-bond donors (Lipinski definition) is 0. The molecule has 0 aliphatic rings. The second-order valence-corrected chi connectivity index (χ2v) is 16.0. The molecule has 2 heterocycles. The van der Waals surface area contributed by atoms with Crippen molar-refractivity contribution < 1.29 is 0 Å². The van der Waals surface area contributed by atoms with Gasteiger partial charge in [0.2, 0.25) is 0 Å². The minimum atomic E-state index is -0.105. The average Bonchev–Trinajstić information content (AvgIpc) is 3.74. The van der Waals surface area contributed by atoms with Crippen molar-refractivity contribution in [2.75, 3.05) is 4.90 Å². The van der Waals surface area contributed by atoms with Crippen LogP contribution in [0, 0.1) is 0 Å². The minimum Gasteiger partial charge on any atom is -0.335 e. The van der Waals surface area contributed by atoms with Crippen LogP contribution in [0.1, 0.15) is 20.8 Å². The molecule has 254 valence electrons. The van der Waals surface area contributed by atoms with E-state index in [1.807, 2.05) is 11.3 Å². The molecule has 10 rings (SSSR count). The highest BCUT2D eigenvalue weighted by Gasteiger charge is 2.24. The summed E-state index contributed by atoms with van der Waals surface area (Å²) in [6, 6.07) is 64.7. The number of fused-ring (bicyclic) bond motifs is 7. The molecular weight excluding hydrogens is 661 g/mol. The lowest BCUT2D eigenvalue weighted by Gasteiger charge is -2.28. The molecule has 8 aromatic carbocycles. The van der Waals surface area contributed by atoms with Crippen molar-refractivity contribution in [2.24, 2.45) is 0 Å². The van der Waals surface area contributed by atoms with E-state index in [1.54, 1.807) is 0 Å². The lowest BCUT2D eigenvalue weighted by molar-refractivity contribution is 0.423. The van der Waals surface area contributed by atoms with Gasteiger partial charge in [0.1, 0.15) is 0 Å². The molecular formula is C50H38N2S. The van der Waals surface area contributed by atoms with Gasteiger partial charge in [-0.1, -0.05) is 127 Å². The summed E-state index contributed by atoms with van der Waals surface area (Å²) in [5.41, 5.74) is 10.8. The molecule has 2 nitrogen and oxygen atoms in total. The quantitative estimate of drug-likeness (QED) is 0.174. The average molecular weight is 699 g/mol. The van der Waals surface area contributed by atoms with Crippen LogP contribution in [-0.4, -0.2) is 4.57 Å². The van der Waals surface area contributed by atoms with Crippen molar-refractivity contribution in [1.29, 1.82) is 0 Å². The van der Waals surface area contributed by atoms with Gasteiger partial charge in [0.05, 0.1) is 11.2 Å². The van der Waals surface area contributed by atoms with Crippen LogP contribution in [-0.2, 0) is 5.54 Å². The van der Waals surface area contributed by atoms with Gasteiger partial charge in [-0.2, -0.15) is 0 Å². The van der Waals surface area contributed by atoms with Crippen molar-refractivity contribution in [3.05, 3.63) is 176 Å². The van der Waals surface area contributed by atoms with Gasteiger partial charge in [0.25, 0.3) is 0 Å². The number of nitrogens with zero attached hydrogens (tertiary/aromatic N) is 2. The van der Waals surface area contributed by atoms with Crippen molar-refractivity contribution in [3.8, 4) is 22.3 Å². The van der Waals surface area contributed by atoms with Crippen LogP contribution in [0.15, 0.2) is 176 Å². The van der Waals surface area contributed by atoms with Crippen LogP contribution in [0.4, 0.5) is 17.1 Å². The van der Waals surface area contributed by atoms with Gasteiger partial charge in [-0.25, -0.2) is 0 Å². The molecule has 0 bridgehead atoms. The third-order valence-electron chi connectivity index (χ3n) is 10.6. The van der Waals surface area contributed by atoms with Gasteiger partial charge < -0.3 is 9.47 Å². The van der Waals surface area contributed by atoms with Gasteiger partial charge in [0, 0.05) is 53.4 Å². The largest absolute Gasteiger partial charge is 0.335 e. The van der Waals surface area contributed by atoms with E-state index in [-0.39, 0.29) is 5.54 Å². The van der Waals surface area contributed by atoms with E-state index in [0.717, 1.165) is 11.4 Å². The van der Waals surface area contributed by atoms with Crippen LogP contribution >= 0.6 is 11.3 Å². The molecule has 0 fully saturated rings. The second kappa shape index (κ2) is 12.2. The molecule has 2 aromatic heterocycles. The van der Waals surface area contributed by atoms with Gasteiger partial charge >= 0.3 is 0 Å². The highest BCUT2D eigenvalue weighted by molar-refractivity contribution is 7.26. The lowest BCUT2D eigenvalue weighted by Crippen LogP contribution is -2.21. The first-order chi connectivity index (χ1) is 25.9. The van der Waals surface area contributed by atoms with E-state index < -0.39 is 0 Å². The Balaban J connectivity index is 1.21. The summed E-state index contributed by atoms with van der Waals surface area (Å²) in [5, 5.41) is 7.65. The van der Waals surface area contributed by atoms with Crippen LogP contribution in [0.2, 0.25) is 0 Å². The Morgan fingerprint density at radius 1 is 0.472 bits per heavy atom. The maximum atomic E-state index is 2.51. The molecule has 0 unspecified atom stereocenters. The first kappa shape index (κ1) is 31.6. The highest BCUT2D eigenvalue weighted by Crippen LogP contribution is 2.47. The molecule has 0 saturated heterocycles. The SMILES string of the molecule is CC(C)(C)n1c2ccccc2c2ccc(N(c3ccc(-c4ccc5ccccc5c4-c4ccccc4)cc3)c3cccc4sc5ccccc5c34)cc21. The highest BCUT2D eigenvalue weighted by atomic mass is 32.1. The standard InChI is InChI=1S/C50H38N2S/c1-50(2,3)52-43-20-11-9-18-40(43)41-31-29-37(32-45(41)52)51(44-21-13-23-47-49(44)42-19-10-12-22-46(42)53-47)36-27-24-34(25-28-36)39-30-26-33-14-7-8-17-38(33)48(39)35-15-5-4-6-16-35/h4-32H,1-3H3. The zero-order valence-corrected chi connectivity index (χ0v) is 30.9. The maximum absolute atomic E-state index is 2.51. The fraction of sp³-hybridized carbons (Fsp3) is 0.0800. The van der Waals surface area contributed by atoms with Crippen LogP contribution in [0.25, 0.3) is 75.0 Å². The lowest BCUT2D eigenvalue weighted by atomic mass is 9.90. The second-order valence-electron chi connectivity index (χ2n) is 14.9. The maximum Gasteiger partial charge on any atom is 0.0554 e. The fourth-order valence-corrected chi connectivity index (χ4v) is 9.54. The number of rotatable bonds is 5. The van der Waals surface area contributed by atoms with Crippen LogP contribution < -0.4 is 4.90 Å². The minimum absolute atomic E-state index is 0.105. The summed E-state index contributed by atoms with van der Waals surface area (Å²) < 4.78 is 5.10. The molecule has 0 aliphatic carbocycles. The number of anilines is 3. The molecule has 0 N–H and O–H groups in total. The number of hydrogen-bond acceptors (Lipinski definition) is 2. The smallest absolute Gasteiger partial charge is 0.0554 e. The van der Waals surface area contributed by atoms with E-state index >= 15 is 0 Å². The Morgan fingerprint density at radius 3 is 1.94 bits per heavy atom. The molecule has 53 heavy (non-hydrogen) atoms. The Bertz CT molecular complexity index is 2980. The molecule has 0 saturated carbocycles. The summed E-state index contributed by atoms with van der Waals surface area (Å²) in [4.78, 5) is 2.47. The van der Waals surface area contributed by atoms with Crippen molar-refractivity contribution in [3.63, 3.8) is 0 Å². The number of para-hydroxylation sites is 1. The Labute approximate surface area is 313 Å². The zero-order valence-electron chi connectivity index (χ0n) is 30.0. The molecule has 0 radical (unpaired) electrons. The van der Waals surface area contributed by atoms with Gasteiger partial charge in [-0.15, -0.1) is 11.3 Å². The Kier molecular flexibility index (Phi) is 7.28. The van der Waals surface area contributed by atoms with E-state index in [0.29, 0.717) is 0 Å². The van der Waals surface area contributed by atoms with Crippen molar-refractivity contribution in [2.45, 2.75) is 26.3 Å².